The first-order chi connectivity index (χ1) is 14.0. The van der Waals surface area contributed by atoms with Crippen LogP contribution in [0.1, 0.15) is 5.69 Å². The van der Waals surface area contributed by atoms with Gasteiger partial charge in [0, 0.05) is 10.7 Å². The lowest BCUT2D eigenvalue weighted by Gasteiger charge is -2.07. The number of aromatic nitrogens is 5. The summed E-state index contributed by atoms with van der Waals surface area (Å²) in [5.74, 6) is -0.419. The Labute approximate surface area is 172 Å². The average Bonchev–Trinajstić information content (AvgIpc) is 3.05. The molecule has 0 unspecified atom stereocenters. The summed E-state index contributed by atoms with van der Waals surface area (Å²) >= 11 is 3.44. The highest BCUT2D eigenvalue weighted by atomic mass is 79.9. The zero-order valence-electron chi connectivity index (χ0n) is 15.2. The van der Waals surface area contributed by atoms with Crippen molar-refractivity contribution in [2.45, 2.75) is 6.92 Å². The van der Waals surface area contributed by atoms with Crippen LogP contribution in [0, 0.1) is 12.7 Å². The third kappa shape index (κ3) is 2.84. The number of benzene rings is 2. The molecule has 0 aliphatic heterocycles. The van der Waals surface area contributed by atoms with Crippen molar-refractivity contribution in [3.63, 3.8) is 0 Å². The largest absolute Gasteiger partial charge is 0.285 e. The summed E-state index contributed by atoms with van der Waals surface area (Å²) < 4.78 is 17.5. The van der Waals surface area contributed by atoms with Crippen molar-refractivity contribution in [1.82, 2.24) is 24.4 Å². The van der Waals surface area contributed by atoms with Gasteiger partial charge in [0.1, 0.15) is 11.3 Å². The number of hydrogen-bond acceptors (Lipinski definition) is 4. The van der Waals surface area contributed by atoms with Gasteiger partial charge in [-0.25, -0.2) is 8.91 Å². The Morgan fingerprint density at radius 2 is 1.83 bits per heavy atom. The molecule has 0 aliphatic carbocycles. The van der Waals surface area contributed by atoms with Crippen LogP contribution in [0.15, 0.2) is 70.1 Å². The lowest BCUT2D eigenvalue weighted by molar-refractivity contribution is 0.626. The molecule has 3 heterocycles. The first-order valence-electron chi connectivity index (χ1n) is 8.82. The van der Waals surface area contributed by atoms with Gasteiger partial charge in [-0.1, -0.05) is 34.1 Å². The molecular formula is C21H13BrFN5O. The topological polar surface area (TPSA) is 65.1 Å². The van der Waals surface area contributed by atoms with Crippen LogP contribution in [0.4, 0.5) is 4.39 Å². The molecule has 0 bridgehead atoms. The second-order valence-corrected chi connectivity index (χ2v) is 7.52. The predicted octanol–water partition coefficient (Wildman–Crippen LogP) is 4.31. The molecule has 5 aromatic rings. The lowest BCUT2D eigenvalue weighted by Crippen LogP contribution is -2.20. The third-order valence-corrected chi connectivity index (χ3v) is 5.30. The van der Waals surface area contributed by atoms with Crippen molar-refractivity contribution < 1.29 is 4.39 Å². The fourth-order valence-corrected chi connectivity index (χ4v) is 3.70. The molecule has 0 atom stereocenters. The lowest BCUT2D eigenvalue weighted by atomic mass is 10.1. The Morgan fingerprint density at radius 1 is 1.03 bits per heavy atom. The average molecular weight is 450 g/mol. The van der Waals surface area contributed by atoms with Gasteiger partial charge in [0.05, 0.1) is 16.9 Å². The standard InChI is InChI=1S/C21H13BrFN5O/c1-12-18(13-5-7-14(22)8-6-13)20-25-24-19-17(28(20)26-12)9-10-27(21(19)29)16-4-2-3-15(23)11-16/h2-11H,1H3. The number of halogens is 2. The Bertz CT molecular complexity index is 1460. The molecule has 0 fully saturated rings. The number of nitrogens with zero attached hydrogens (tertiary/aromatic N) is 5. The van der Waals surface area contributed by atoms with E-state index in [1.165, 1.54) is 16.7 Å². The van der Waals surface area contributed by atoms with Crippen LogP contribution in [0.3, 0.4) is 0 Å². The summed E-state index contributed by atoms with van der Waals surface area (Å²) in [5.41, 5.74) is 3.91. The monoisotopic (exact) mass is 449 g/mol. The first kappa shape index (κ1) is 17.7. The Kier molecular flexibility index (Phi) is 4.02. The van der Waals surface area contributed by atoms with E-state index in [1.54, 1.807) is 28.9 Å². The number of rotatable bonds is 2. The van der Waals surface area contributed by atoms with Gasteiger partial charge in [0.15, 0.2) is 11.2 Å². The molecule has 6 nitrogen and oxygen atoms in total. The van der Waals surface area contributed by atoms with E-state index in [2.05, 4.69) is 31.2 Å². The number of fused-ring (bicyclic) bond motifs is 3. The van der Waals surface area contributed by atoms with Crippen molar-refractivity contribution in [3.05, 3.63) is 87.1 Å². The van der Waals surface area contributed by atoms with E-state index in [1.807, 2.05) is 31.2 Å². The molecule has 142 valence electrons. The van der Waals surface area contributed by atoms with Gasteiger partial charge in [-0.15, -0.1) is 10.2 Å². The zero-order chi connectivity index (χ0) is 20.1. The molecule has 5 rings (SSSR count). The summed E-state index contributed by atoms with van der Waals surface area (Å²) in [4.78, 5) is 13.0. The molecule has 8 heteroatoms. The molecule has 29 heavy (non-hydrogen) atoms. The van der Waals surface area contributed by atoms with E-state index < -0.39 is 5.82 Å². The minimum Gasteiger partial charge on any atom is -0.282 e. The Morgan fingerprint density at radius 3 is 2.59 bits per heavy atom. The highest BCUT2D eigenvalue weighted by molar-refractivity contribution is 9.10. The van der Waals surface area contributed by atoms with Gasteiger partial charge in [0.25, 0.3) is 5.56 Å². The summed E-state index contributed by atoms with van der Waals surface area (Å²) in [5, 5.41) is 13.1. The number of hydrogen-bond donors (Lipinski definition) is 0. The van der Waals surface area contributed by atoms with Crippen LogP contribution in [0.2, 0.25) is 0 Å². The fourth-order valence-electron chi connectivity index (χ4n) is 3.44. The van der Waals surface area contributed by atoms with Crippen LogP contribution < -0.4 is 5.56 Å². The maximum absolute atomic E-state index is 13.6. The highest BCUT2D eigenvalue weighted by Gasteiger charge is 2.17. The highest BCUT2D eigenvalue weighted by Crippen LogP contribution is 2.29. The van der Waals surface area contributed by atoms with E-state index in [4.69, 9.17) is 0 Å². The normalized spacial score (nSPS) is 11.4. The maximum Gasteiger partial charge on any atom is 0.285 e. The molecule has 0 amide bonds. The van der Waals surface area contributed by atoms with Crippen molar-refractivity contribution in [1.29, 1.82) is 0 Å². The second kappa shape index (κ2) is 6.59. The summed E-state index contributed by atoms with van der Waals surface area (Å²) in [6.07, 6.45) is 1.59. The molecule has 0 spiro atoms. The van der Waals surface area contributed by atoms with Crippen molar-refractivity contribution in [2.75, 3.05) is 0 Å². The third-order valence-electron chi connectivity index (χ3n) is 4.77. The van der Waals surface area contributed by atoms with Gasteiger partial charge < -0.3 is 0 Å². The number of aryl methyl sites for hydroxylation is 1. The van der Waals surface area contributed by atoms with Gasteiger partial charge in [-0.2, -0.15) is 5.10 Å². The summed E-state index contributed by atoms with van der Waals surface area (Å²) in [7, 11) is 0. The second-order valence-electron chi connectivity index (χ2n) is 6.61. The summed E-state index contributed by atoms with van der Waals surface area (Å²) in [6, 6.07) is 15.4. The SMILES string of the molecule is Cc1nn2c(nnc3c(=O)n(-c4cccc(F)c4)ccc32)c1-c1ccc(Br)cc1. The quantitative estimate of drug-likeness (QED) is 0.402. The maximum atomic E-state index is 13.6. The van der Waals surface area contributed by atoms with Crippen LogP contribution in [-0.4, -0.2) is 24.4 Å². The first-order valence-corrected chi connectivity index (χ1v) is 9.61. The van der Waals surface area contributed by atoms with Crippen LogP contribution in [0.5, 0.6) is 0 Å². The van der Waals surface area contributed by atoms with Gasteiger partial charge in [-0.05, 0) is 48.9 Å². The van der Waals surface area contributed by atoms with Gasteiger partial charge >= 0.3 is 0 Å². The number of pyridine rings is 1. The van der Waals surface area contributed by atoms with Gasteiger partial charge in [0.2, 0.25) is 0 Å². The smallest absolute Gasteiger partial charge is 0.282 e. The minimum atomic E-state index is -0.419. The molecule has 0 saturated heterocycles. The van der Waals surface area contributed by atoms with E-state index in [-0.39, 0.29) is 11.1 Å². The van der Waals surface area contributed by atoms with E-state index in [0.717, 1.165) is 21.3 Å². The molecule has 0 aliphatic rings. The van der Waals surface area contributed by atoms with E-state index >= 15 is 0 Å². The van der Waals surface area contributed by atoms with E-state index in [9.17, 15) is 9.18 Å². The van der Waals surface area contributed by atoms with Crippen LogP contribution >= 0.6 is 15.9 Å². The molecular weight excluding hydrogens is 437 g/mol. The van der Waals surface area contributed by atoms with Crippen LogP contribution in [-0.2, 0) is 0 Å². The van der Waals surface area contributed by atoms with Crippen molar-refractivity contribution in [3.8, 4) is 16.8 Å². The van der Waals surface area contributed by atoms with E-state index in [0.29, 0.717) is 16.9 Å². The van der Waals surface area contributed by atoms with Crippen molar-refractivity contribution in [2.24, 2.45) is 0 Å². The molecule has 3 aromatic heterocycles. The molecule has 0 radical (unpaired) electrons. The molecule has 0 N–H and O–H groups in total. The Balaban J connectivity index is 1.76. The zero-order valence-corrected chi connectivity index (χ0v) is 16.8. The fraction of sp³-hybridized carbons (Fsp3) is 0.0476. The predicted molar refractivity (Wildman–Crippen MR) is 112 cm³/mol. The minimum absolute atomic E-state index is 0.161. The van der Waals surface area contributed by atoms with Crippen molar-refractivity contribution >= 4 is 32.6 Å². The van der Waals surface area contributed by atoms with Gasteiger partial charge in [-0.3, -0.25) is 9.36 Å². The molecule has 0 saturated carbocycles. The Hall–Kier alpha value is -3.39. The van der Waals surface area contributed by atoms with Crippen LogP contribution in [0.25, 0.3) is 33.5 Å². The molecule has 2 aromatic carbocycles. The summed E-state index contributed by atoms with van der Waals surface area (Å²) in [6.45, 7) is 1.89.